The highest BCUT2D eigenvalue weighted by Gasteiger charge is 2.30. The van der Waals surface area contributed by atoms with Gasteiger partial charge in [-0.25, -0.2) is 0 Å². The zero-order valence-corrected chi connectivity index (χ0v) is 10.9. The van der Waals surface area contributed by atoms with E-state index < -0.39 is 19.1 Å². The maximum Gasteiger partial charge on any atom is 0.522 e. The Balaban J connectivity index is 1.82. The van der Waals surface area contributed by atoms with Gasteiger partial charge in [-0.3, -0.25) is 4.74 Å². The van der Waals surface area contributed by atoms with Crippen molar-refractivity contribution in [1.82, 2.24) is 10.2 Å². The molecule has 0 spiro atoms. The van der Waals surface area contributed by atoms with E-state index in [9.17, 15) is 13.2 Å². The monoisotopic (exact) mass is 296 g/mol. The zero-order valence-electron chi connectivity index (χ0n) is 10.9. The summed E-state index contributed by atoms with van der Waals surface area (Å²) < 4.78 is 54.9. The molecule has 0 aromatic carbocycles. The van der Waals surface area contributed by atoms with Crippen LogP contribution in [-0.4, -0.2) is 35.9 Å². The quantitative estimate of drug-likeness (QED) is 0.832. The van der Waals surface area contributed by atoms with Crippen LogP contribution in [0, 0.1) is 0 Å². The van der Waals surface area contributed by atoms with Crippen LogP contribution in [0.3, 0.4) is 0 Å². The Labute approximate surface area is 113 Å². The van der Waals surface area contributed by atoms with Gasteiger partial charge in [0.05, 0.1) is 6.61 Å². The number of alkyl halides is 3. The zero-order chi connectivity index (χ0) is 14.6. The average Bonchev–Trinajstić information content (AvgIpc) is 2.85. The van der Waals surface area contributed by atoms with E-state index in [2.05, 4.69) is 14.9 Å². The predicted octanol–water partition coefficient (Wildman–Crippen LogP) is 2.61. The Hall–Kier alpha value is -1.35. The maximum atomic E-state index is 11.9. The highest BCUT2D eigenvalue weighted by molar-refractivity contribution is 4.91. The summed E-state index contributed by atoms with van der Waals surface area (Å²) in [6, 6.07) is 0. The molecule has 1 saturated heterocycles. The molecule has 1 unspecified atom stereocenters. The molecule has 1 aromatic rings. The third kappa shape index (κ3) is 4.64. The number of hydrogen-bond acceptors (Lipinski definition) is 6. The smallest absolute Gasteiger partial charge is 0.444 e. The summed E-state index contributed by atoms with van der Waals surface area (Å²) in [5.74, 6) is 0.281. The number of halogens is 3. The molecule has 1 aromatic heterocycles. The fourth-order valence-corrected chi connectivity index (χ4v) is 1.75. The van der Waals surface area contributed by atoms with Gasteiger partial charge in [-0.05, 0) is 26.2 Å². The van der Waals surface area contributed by atoms with Gasteiger partial charge >= 0.3 is 12.4 Å². The van der Waals surface area contributed by atoms with Gasteiger partial charge in [-0.2, -0.15) is 0 Å². The van der Waals surface area contributed by atoms with Crippen LogP contribution >= 0.6 is 0 Å². The average molecular weight is 296 g/mol. The van der Waals surface area contributed by atoms with E-state index in [0.717, 1.165) is 19.3 Å². The lowest BCUT2D eigenvalue weighted by Crippen LogP contribution is -2.25. The van der Waals surface area contributed by atoms with Crippen molar-refractivity contribution in [2.45, 2.75) is 44.8 Å². The van der Waals surface area contributed by atoms with Crippen molar-refractivity contribution in [2.24, 2.45) is 0 Å². The first-order valence-electron chi connectivity index (χ1n) is 6.26. The van der Waals surface area contributed by atoms with Gasteiger partial charge in [0.2, 0.25) is 5.89 Å². The summed E-state index contributed by atoms with van der Waals surface area (Å²) >= 11 is 0. The summed E-state index contributed by atoms with van der Waals surface area (Å²) in [6.07, 6.45) is -3.25. The molecule has 114 valence electrons. The SMILES string of the molecule is CC(COC(F)(F)F)Oc1nnc([C@H]2CCCCO2)o1. The van der Waals surface area contributed by atoms with E-state index in [1.807, 2.05) is 0 Å². The topological polar surface area (TPSA) is 66.6 Å². The molecule has 0 amide bonds. The van der Waals surface area contributed by atoms with Crippen molar-refractivity contribution in [3.05, 3.63) is 5.89 Å². The van der Waals surface area contributed by atoms with E-state index in [-0.39, 0.29) is 18.1 Å². The first-order valence-corrected chi connectivity index (χ1v) is 6.26. The van der Waals surface area contributed by atoms with Crippen molar-refractivity contribution in [3.8, 4) is 6.08 Å². The Bertz CT molecular complexity index is 418. The van der Waals surface area contributed by atoms with Crippen molar-refractivity contribution < 1.29 is 31.8 Å². The van der Waals surface area contributed by atoms with Crippen LogP contribution in [0.25, 0.3) is 0 Å². The van der Waals surface area contributed by atoms with E-state index in [0.29, 0.717) is 6.61 Å². The highest BCUT2D eigenvalue weighted by atomic mass is 19.4. The lowest BCUT2D eigenvalue weighted by atomic mass is 10.1. The van der Waals surface area contributed by atoms with Crippen molar-refractivity contribution >= 4 is 0 Å². The van der Waals surface area contributed by atoms with Gasteiger partial charge in [0, 0.05) is 6.61 Å². The first kappa shape index (κ1) is 15.0. The fraction of sp³-hybridized carbons (Fsp3) is 0.818. The lowest BCUT2D eigenvalue weighted by molar-refractivity contribution is -0.329. The van der Waals surface area contributed by atoms with Crippen molar-refractivity contribution in [2.75, 3.05) is 13.2 Å². The molecule has 0 bridgehead atoms. The number of rotatable bonds is 5. The Kier molecular flexibility index (Phi) is 4.81. The van der Waals surface area contributed by atoms with Crippen LogP contribution in [0.2, 0.25) is 0 Å². The number of nitrogens with zero attached hydrogens (tertiary/aromatic N) is 2. The van der Waals surface area contributed by atoms with Gasteiger partial charge in [0.1, 0.15) is 12.2 Å². The molecule has 2 heterocycles. The lowest BCUT2D eigenvalue weighted by Gasteiger charge is -2.18. The minimum absolute atomic E-state index is 0.188. The molecule has 2 rings (SSSR count). The van der Waals surface area contributed by atoms with E-state index in [1.54, 1.807) is 0 Å². The molecule has 20 heavy (non-hydrogen) atoms. The highest BCUT2D eigenvalue weighted by Crippen LogP contribution is 2.28. The minimum atomic E-state index is -4.69. The molecule has 0 aliphatic carbocycles. The van der Waals surface area contributed by atoms with Crippen LogP contribution in [-0.2, 0) is 9.47 Å². The normalized spacial score (nSPS) is 21.7. The van der Waals surface area contributed by atoms with Gasteiger partial charge in [-0.1, -0.05) is 5.10 Å². The Morgan fingerprint density at radius 3 is 2.80 bits per heavy atom. The third-order valence-corrected chi connectivity index (χ3v) is 2.66. The van der Waals surface area contributed by atoms with Crippen molar-refractivity contribution in [1.29, 1.82) is 0 Å². The summed E-state index contributed by atoms with van der Waals surface area (Å²) in [5.41, 5.74) is 0. The first-order chi connectivity index (χ1) is 9.44. The fourth-order valence-electron chi connectivity index (χ4n) is 1.75. The molecule has 0 saturated carbocycles. The standard InChI is InChI=1S/C11H15F3N2O4/c1-7(6-18-11(12,13)14)19-10-16-15-9(20-10)8-4-2-3-5-17-8/h7-8H,2-6H2,1H3/t7?,8-/m1/s1. The Morgan fingerprint density at radius 2 is 2.15 bits per heavy atom. The van der Waals surface area contributed by atoms with Crippen LogP contribution < -0.4 is 4.74 Å². The second-order valence-corrected chi connectivity index (χ2v) is 4.45. The largest absolute Gasteiger partial charge is 0.522 e. The summed E-state index contributed by atoms with van der Waals surface area (Å²) in [7, 11) is 0. The molecule has 1 aliphatic heterocycles. The third-order valence-electron chi connectivity index (χ3n) is 2.66. The van der Waals surface area contributed by atoms with Crippen LogP contribution in [0.15, 0.2) is 4.42 Å². The Morgan fingerprint density at radius 1 is 1.35 bits per heavy atom. The molecule has 0 radical (unpaired) electrons. The molecule has 0 N–H and O–H groups in total. The summed E-state index contributed by atoms with van der Waals surface area (Å²) in [5, 5.41) is 7.39. The van der Waals surface area contributed by atoms with Gasteiger partial charge in [-0.15, -0.1) is 18.3 Å². The number of hydrogen-bond donors (Lipinski definition) is 0. The van der Waals surface area contributed by atoms with Crippen LogP contribution in [0.4, 0.5) is 13.2 Å². The summed E-state index contributed by atoms with van der Waals surface area (Å²) in [6.45, 7) is 1.38. The molecule has 6 nitrogen and oxygen atoms in total. The van der Waals surface area contributed by atoms with Crippen molar-refractivity contribution in [3.63, 3.8) is 0 Å². The minimum Gasteiger partial charge on any atom is -0.444 e. The molecular weight excluding hydrogens is 281 g/mol. The van der Waals surface area contributed by atoms with E-state index in [4.69, 9.17) is 13.9 Å². The number of ether oxygens (including phenoxy) is 3. The molecule has 2 atom stereocenters. The molecule has 9 heteroatoms. The summed E-state index contributed by atoms with van der Waals surface area (Å²) in [4.78, 5) is 0. The second kappa shape index (κ2) is 6.40. The van der Waals surface area contributed by atoms with Gasteiger partial charge in [0.25, 0.3) is 0 Å². The van der Waals surface area contributed by atoms with Crippen LogP contribution in [0.5, 0.6) is 6.08 Å². The van der Waals surface area contributed by atoms with Crippen LogP contribution in [0.1, 0.15) is 38.2 Å². The van der Waals surface area contributed by atoms with E-state index in [1.165, 1.54) is 6.92 Å². The van der Waals surface area contributed by atoms with Gasteiger partial charge < -0.3 is 13.9 Å². The maximum absolute atomic E-state index is 11.9. The molecule has 1 fully saturated rings. The van der Waals surface area contributed by atoms with Gasteiger partial charge in [0.15, 0.2) is 0 Å². The second-order valence-electron chi connectivity index (χ2n) is 4.45. The molecular formula is C11H15F3N2O4. The predicted molar refractivity (Wildman–Crippen MR) is 58.9 cm³/mol. The molecule has 1 aliphatic rings. The van der Waals surface area contributed by atoms with E-state index >= 15 is 0 Å². The number of aromatic nitrogens is 2.